The molecule has 4 rings (SSSR count). The lowest BCUT2D eigenvalue weighted by molar-refractivity contribution is -0.141. The molecule has 0 bridgehead atoms. The first-order chi connectivity index (χ1) is 12.9. The maximum atomic E-state index is 12.9. The molecule has 142 valence electrons. The highest BCUT2D eigenvalue weighted by molar-refractivity contribution is 5.98. The number of hydrogen-bond acceptors (Lipinski definition) is 4. The number of nitrogens with zero attached hydrogens (tertiary/aromatic N) is 5. The van der Waals surface area contributed by atoms with Crippen LogP contribution in [0.25, 0.3) is 0 Å². The van der Waals surface area contributed by atoms with Crippen LogP contribution in [0.3, 0.4) is 0 Å². The Morgan fingerprint density at radius 2 is 1.89 bits per heavy atom. The van der Waals surface area contributed by atoms with Gasteiger partial charge in [0.25, 0.3) is 0 Å². The van der Waals surface area contributed by atoms with E-state index < -0.39 is 0 Å². The van der Waals surface area contributed by atoms with Crippen molar-refractivity contribution >= 4 is 17.5 Å². The summed E-state index contributed by atoms with van der Waals surface area (Å²) in [6.07, 6.45) is 1.26. The van der Waals surface area contributed by atoms with Gasteiger partial charge in [0.1, 0.15) is 12.4 Å². The van der Waals surface area contributed by atoms with Gasteiger partial charge in [-0.2, -0.15) is 5.10 Å². The molecule has 0 aliphatic carbocycles. The van der Waals surface area contributed by atoms with Crippen molar-refractivity contribution in [1.29, 1.82) is 0 Å². The summed E-state index contributed by atoms with van der Waals surface area (Å²) in [6.45, 7) is 3.42. The Labute approximate surface area is 157 Å². The van der Waals surface area contributed by atoms with Gasteiger partial charge < -0.3 is 9.80 Å². The summed E-state index contributed by atoms with van der Waals surface area (Å²) in [5.41, 5.74) is 1.81. The zero-order chi connectivity index (χ0) is 19.1. The highest BCUT2D eigenvalue weighted by atomic mass is 16.2. The average molecular weight is 369 g/mol. The molecule has 2 amide bonds. The van der Waals surface area contributed by atoms with Crippen LogP contribution in [0.15, 0.2) is 29.1 Å². The first-order valence-corrected chi connectivity index (χ1v) is 9.22. The number of carbonyl (C=O) groups is 2. The van der Waals surface area contributed by atoms with Crippen molar-refractivity contribution in [2.45, 2.75) is 26.3 Å². The smallest absolute Gasteiger partial charge is 0.331 e. The number of aryl methyl sites for hydroxylation is 3. The molecule has 0 saturated carbocycles. The highest BCUT2D eigenvalue weighted by Crippen LogP contribution is 2.22. The monoisotopic (exact) mass is 369 g/mol. The predicted molar refractivity (Wildman–Crippen MR) is 99.4 cm³/mol. The number of benzene rings is 1. The summed E-state index contributed by atoms with van der Waals surface area (Å²) >= 11 is 0. The van der Waals surface area contributed by atoms with Gasteiger partial charge in [0.15, 0.2) is 0 Å². The molecular weight excluding hydrogens is 346 g/mol. The minimum Gasteiger partial charge on any atom is -0.331 e. The van der Waals surface area contributed by atoms with Gasteiger partial charge in [-0.15, -0.1) is 0 Å². The SMILES string of the molecule is Cc1ccc(N2CCN(C(=O)[C@H]3CCc4nn(C)c(=O)n4C3)CC2=O)cc1. The highest BCUT2D eigenvalue weighted by Gasteiger charge is 2.34. The average Bonchev–Trinajstić information content (AvgIpc) is 2.95. The topological polar surface area (TPSA) is 80.4 Å². The van der Waals surface area contributed by atoms with Crippen molar-refractivity contribution in [1.82, 2.24) is 19.2 Å². The Hall–Kier alpha value is -2.90. The number of piperazine rings is 1. The molecule has 1 fully saturated rings. The van der Waals surface area contributed by atoms with E-state index in [0.717, 1.165) is 17.1 Å². The summed E-state index contributed by atoms with van der Waals surface area (Å²) in [4.78, 5) is 41.0. The minimum atomic E-state index is -0.280. The van der Waals surface area contributed by atoms with Gasteiger partial charge in [-0.1, -0.05) is 17.7 Å². The van der Waals surface area contributed by atoms with Gasteiger partial charge >= 0.3 is 5.69 Å². The zero-order valence-corrected chi connectivity index (χ0v) is 15.6. The molecule has 2 aromatic rings. The maximum Gasteiger partial charge on any atom is 0.345 e. The molecule has 2 aliphatic rings. The van der Waals surface area contributed by atoms with E-state index >= 15 is 0 Å². The Kier molecular flexibility index (Phi) is 4.33. The normalized spacial score (nSPS) is 19.9. The molecule has 8 heteroatoms. The lowest BCUT2D eigenvalue weighted by Gasteiger charge is -2.36. The first-order valence-electron chi connectivity index (χ1n) is 9.22. The van der Waals surface area contributed by atoms with Gasteiger partial charge in [0.2, 0.25) is 11.8 Å². The second-order valence-corrected chi connectivity index (χ2v) is 7.31. The van der Waals surface area contributed by atoms with E-state index in [1.807, 2.05) is 31.2 Å². The van der Waals surface area contributed by atoms with Crippen molar-refractivity contribution in [2.75, 3.05) is 24.5 Å². The molecule has 2 aliphatic heterocycles. The number of rotatable bonds is 2. The molecule has 8 nitrogen and oxygen atoms in total. The summed E-state index contributed by atoms with van der Waals surface area (Å²) in [6, 6.07) is 7.82. The van der Waals surface area contributed by atoms with Crippen LogP contribution in [0.1, 0.15) is 17.8 Å². The fraction of sp³-hybridized carbons (Fsp3) is 0.474. The number of aromatic nitrogens is 3. The van der Waals surface area contributed by atoms with Gasteiger partial charge in [-0.25, -0.2) is 9.48 Å². The van der Waals surface area contributed by atoms with Gasteiger partial charge in [0, 0.05) is 38.8 Å². The van der Waals surface area contributed by atoms with Crippen LogP contribution >= 0.6 is 0 Å². The van der Waals surface area contributed by atoms with Crippen LogP contribution in [0.4, 0.5) is 5.69 Å². The van der Waals surface area contributed by atoms with Crippen LogP contribution in [-0.2, 0) is 29.6 Å². The molecule has 0 N–H and O–H groups in total. The number of hydrogen-bond donors (Lipinski definition) is 0. The zero-order valence-electron chi connectivity index (χ0n) is 15.6. The predicted octanol–water partition coefficient (Wildman–Crippen LogP) is 0.328. The Balaban J connectivity index is 1.44. The quantitative estimate of drug-likeness (QED) is 0.764. The van der Waals surface area contributed by atoms with E-state index in [1.54, 1.807) is 21.4 Å². The molecule has 3 heterocycles. The second-order valence-electron chi connectivity index (χ2n) is 7.31. The largest absolute Gasteiger partial charge is 0.345 e. The van der Waals surface area contributed by atoms with Crippen LogP contribution in [0.5, 0.6) is 0 Å². The molecule has 1 aromatic heterocycles. The fourth-order valence-corrected chi connectivity index (χ4v) is 3.86. The second kappa shape index (κ2) is 6.68. The molecule has 27 heavy (non-hydrogen) atoms. The number of anilines is 1. The van der Waals surface area contributed by atoms with Crippen molar-refractivity contribution < 1.29 is 9.59 Å². The minimum absolute atomic E-state index is 0.0479. The first kappa shape index (κ1) is 17.5. The molecule has 0 unspecified atom stereocenters. The molecule has 1 aromatic carbocycles. The maximum absolute atomic E-state index is 12.9. The Morgan fingerprint density at radius 1 is 1.15 bits per heavy atom. The summed E-state index contributed by atoms with van der Waals surface area (Å²) in [5.74, 6) is 0.326. The van der Waals surface area contributed by atoms with E-state index in [-0.39, 0.29) is 30.0 Å². The van der Waals surface area contributed by atoms with E-state index in [0.29, 0.717) is 32.5 Å². The summed E-state index contributed by atoms with van der Waals surface area (Å²) in [7, 11) is 1.62. The number of carbonyl (C=O) groups excluding carboxylic acids is 2. The molecular formula is C19H23N5O3. The molecule has 1 saturated heterocycles. The van der Waals surface area contributed by atoms with Gasteiger partial charge in [-0.3, -0.25) is 14.2 Å². The van der Waals surface area contributed by atoms with Crippen LogP contribution in [0, 0.1) is 12.8 Å². The lowest BCUT2D eigenvalue weighted by Crippen LogP contribution is -2.54. The third kappa shape index (κ3) is 3.15. The van der Waals surface area contributed by atoms with Crippen molar-refractivity contribution in [3.8, 4) is 0 Å². The fourth-order valence-electron chi connectivity index (χ4n) is 3.86. The van der Waals surface area contributed by atoms with Crippen molar-refractivity contribution in [3.63, 3.8) is 0 Å². The molecule has 0 spiro atoms. The summed E-state index contributed by atoms with van der Waals surface area (Å²) in [5, 5.41) is 4.20. The van der Waals surface area contributed by atoms with Crippen LogP contribution in [0.2, 0.25) is 0 Å². The van der Waals surface area contributed by atoms with Crippen molar-refractivity contribution in [3.05, 3.63) is 46.1 Å². The Morgan fingerprint density at radius 3 is 2.59 bits per heavy atom. The number of fused-ring (bicyclic) bond motifs is 1. The Bertz CT molecular complexity index is 943. The lowest BCUT2D eigenvalue weighted by atomic mass is 9.97. The van der Waals surface area contributed by atoms with Gasteiger partial charge in [0.05, 0.1) is 5.92 Å². The van der Waals surface area contributed by atoms with E-state index in [4.69, 9.17) is 0 Å². The van der Waals surface area contributed by atoms with Gasteiger partial charge in [-0.05, 0) is 25.5 Å². The molecule has 0 radical (unpaired) electrons. The van der Waals surface area contributed by atoms with Crippen LogP contribution < -0.4 is 10.6 Å². The van der Waals surface area contributed by atoms with E-state index in [9.17, 15) is 14.4 Å². The number of amides is 2. The van der Waals surface area contributed by atoms with Crippen LogP contribution in [-0.4, -0.2) is 50.7 Å². The third-order valence-electron chi connectivity index (χ3n) is 5.43. The summed E-state index contributed by atoms with van der Waals surface area (Å²) < 4.78 is 2.89. The van der Waals surface area contributed by atoms with Crippen molar-refractivity contribution in [2.24, 2.45) is 13.0 Å². The third-order valence-corrected chi connectivity index (χ3v) is 5.43. The standard InChI is InChI=1S/C19H23N5O3/c1-13-3-6-15(7-4-13)23-10-9-22(12-17(23)25)18(26)14-5-8-16-20-21(2)19(27)24(16)11-14/h3-4,6-7,14H,5,8-12H2,1-2H3/t14-/m0/s1. The van der Waals surface area contributed by atoms with E-state index in [2.05, 4.69) is 5.10 Å². The molecule has 1 atom stereocenters. The van der Waals surface area contributed by atoms with E-state index in [1.165, 1.54) is 4.68 Å².